The number of hydrogen-bond acceptors (Lipinski definition) is 0. The van der Waals surface area contributed by atoms with Gasteiger partial charge >= 0.3 is 0 Å². The van der Waals surface area contributed by atoms with Gasteiger partial charge in [0.25, 0.3) is 0 Å². The summed E-state index contributed by atoms with van der Waals surface area (Å²) in [6, 6.07) is 0. The van der Waals surface area contributed by atoms with E-state index in [1.165, 1.54) is 0 Å². The smallest absolute Gasteiger partial charge is 0.210 e. The maximum Gasteiger partial charge on any atom is 0.243 e. The molecule has 1 fully saturated rings. The van der Waals surface area contributed by atoms with Crippen LogP contribution in [0.3, 0.4) is 0 Å². The van der Waals surface area contributed by atoms with Crippen molar-refractivity contribution in [1.82, 2.24) is 0 Å². The van der Waals surface area contributed by atoms with Gasteiger partial charge in [-0.1, -0.05) is 20.8 Å². The maximum atomic E-state index is 11.6. The van der Waals surface area contributed by atoms with Gasteiger partial charge < -0.3 is 0 Å². The summed E-state index contributed by atoms with van der Waals surface area (Å²) < 4.78 is 23.2. The summed E-state index contributed by atoms with van der Waals surface area (Å²) in [7, 11) is 0. The van der Waals surface area contributed by atoms with Crippen LogP contribution in [0.1, 0.15) is 33.6 Å². The minimum Gasteiger partial charge on any atom is -0.210 e. The van der Waals surface area contributed by atoms with E-state index in [9.17, 15) is 8.78 Å². The zero-order valence-corrected chi connectivity index (χ0v) is 6.25. The fourth-order valence-electron chi connectivity index (χ4n) is 0.415. The lowest BCUT2D eigenvalue weighted by Gasteiger charge is -2.02. The highest BCUT2D eigenvalue weighted by Gasteiger charge is 2.45. The van der Waals surface area contributed by atoms with Crippen molar-refractivity contribution in [1.29, 1.82) is 0 Å². The molecule has 1 aliphatic rings. The minimum absolute atomic E-state index is 0.583. The Morgan fingerprint density at radius 3 is 1.56 bits per heavy atom. The van der Waals surface area contributed by atoms with Gasteiger partial charge in [0.2, 0.25) is 6.43 Å². The van der Waals surface area contributed by atoms with Crippen molar-refractivity contribution >= 4 is 0 Å². The second-order valence-corrected chi connectivity index (χ2v) is 2.45. The first-order valence-electron chi connectivity index (χ1n) is 3.43. The van der Waals surface area contributed by atoms with Crippen molar-refractivity contribution in [3.63, 3.8) is 0 Å². The van der Waals surface area contributed by atoms with Gasteiger partial charge in [-0.15, -0.1) is 0 Å². The van der Waals surface area contributed by atoms with Crippen molar-refractivity contribution in [2.75, 3.05) is 0 Å². The maximum absolute atomic E-state index is 11.6. The topological polar surface area (TPSA) is 0 Å². The van der Waals surface area contributed by atoms with Crippen molar-refractivity contribution < 1.29 is 8.78 Å². The van der Waals surface area contributed by atoms with E-state index >= 15 is 0 Å². The quantitative estimate of drug-likeness (QED) is 0.519. The Labute approximate surface area is 55.3 Å². The van der Waals surface area contributed by atoms with Crippen LogP contribution in [0.25, 0.3) is 0 Å². The van der Waals surface area contributed by atoms with Gasteiger partial charge in [-0.3, -0.25) is 0 Å². The lowest BCUT2D eigenvalue weighted by atomic mass is 10.2. The molecule has 1 saturated carbocycles. The van der Waals surface area contributed by atoms with Crippen LogP contribution in [-0.4, -0.2) is 6.43 Å². The molecule has 0 bridgehead atoms. The highest BCUT2D eigenvalue weighted by atomic mass is 19.3. The Kier molecular flexibility index (Phi) is 3.09. The minimum atomic E-state index is -2.09. The SMILES string of the molecule is CC.CC1(C(F)F)CC1. The number of halogens is 2. The summed E-state index contributed by atoms with van der Waals surface area (Å²) in [5.41, 5.74) is -0.583. The zero-order valence-electron chi connectivity index (χ0n) is 6.25. The largest absolute Gasteiger partial charge is 0.243 e. The third-order valence-corrected chi connectivity index (χ3v) is 1.57. The number of rotatable bonds is 1. The van der Waals surface area contributed by atoms with Gasteiger partial charge in [0.15, 0.2) is 0 Å². The second kappa shape index (κ2) is 3.14. The predicted octanol–water partition coefficient (Wildman–Crippen LogP) is 3.08. The summed E-state index contributed by atoms with van der Waals surface area (Å²) in [5, 5.41) is 0. The van der Waals surface area contributed by atoms with E-state index in [0.717, 1.165) is 0 Å². The molecule has 0 aliphatic heterocycles. The molecule has 0 heterocycles. The van der Waals surface area contributed by atoms with Gasteiger partial charge in [-0.2, -0.15) is 0 Å². The third-order valence-electron chi connectivity index (χ3n) is 1.57. The summed E-state index contributed by atoms with van der Waals surface area (Å²) in [6.45, 7) is 5.62. The van der Waals surface area contributed by atoms with E-state index in [1.807, 2.05) is 13.8 Å². The van der Waals surface area contributed by atoms with Gasteiger partial charge in [0.05, 0.1) is 0 Å². The molecule has 0 spiro atoms. The zero-order chi connectivity index (χ0) is 7.49. The van der Waals surface area contributed by atoms with Crippen molar-refractivity contribution in [2.45, 2.75) is 40.0 Å². The molecule has 1 aliphatic carbocycles. The van der Waals surface area contributed by atoms with Crippen molar-refractivity contribution in [2.24, 2.45) is 5.41 Å². The second-order valence-electron chi connectivity index (χ2n) is 2.45. The van der Waals surface area contributed by atoms with Crippen LogP contribution in [0, 0.1) is 5.41 Å². The van der Waals surface area contributed by atoms with Crippen molar-refractivity contribution in [3.8, 4) is 0 Å². The van der Waals surface area contributed by atoms with Gasteiger partial charge in [-0.05, 0) is 12.8 Å². The normalized spacial score (nSPS) is 20.7. The van der Waals surface area contributed by atoms with Crippen LogP contribution < -0.4 is 0 Å². The Morgan fingerprint density at radius 1 is 1.22 bits per heavy atom. The number of alkyl halides is 2. The molecular weight excluding hydrogens is 122 g/mol. The number of hydrogen-bond donors (Lipinski definition) is 0. The molecule has 0 atom stereocenters. The predicted molar refractivity (Wildman–Crippen MR) is 34.7 cm³/mol. The van der Waals surface area contributed by atoms with Crippen LogP contribution in [0.4, 0.5) is 8.78 Å². The third kappa shape index (κ3) is 2.29. The van der Waals surface area contributed by atoms with Crippen LogP contribution in [0.2, 0.25) is 0 Å². The summed E-state index contributed by atoms with van der Waals surface area (Å²) in [5.74, 6) is 0. The first-order chi connectivity index (χ1) is 4.15. The molecule has 0 nitrogen and oxygen atoms in total. The molecule has 0 radical (unpaired) electrons. The van der Waals surface area contributed by atoms with Crippen LogP contribution in [0.5, 0.6) is 0 Å². The van der Waals surface area contributed by atoms with Crippen molar-refractivity contribution in [3.05, 3.63) is 0 Å². The molecule has 0 aromatic heterocycles. The van der Waals surface area contributed by atoms with E-state index in [-0.39, 0.29) is 0 Å². The molecule has 0 unspecified atom stereocenters. The Balaban J connectivity index is 0.000000291. The molecule has 0 N–H and O–H groups in total. The Hall–Kier alpha value is -0.140. The van der Waals surface area contributed by atoms with Gasteiger partial charge in [0.1, 0.15) is 0 Å². The lowest BCUT2D eigenvalue weighted by molar-refractivity contribution is 0.0721. The van der Waals surface area contributed by atoms with E-state index in [2.05, 4.69) is 0 Å². The summed E-state index contributed by atoms with van der Waals surface area (Å²) >= 11 is 0. The molecular formula is C7H14F2. The summed E-state index contributed by atoms with van der Waals surface area (Å²) in [4.78, 5) is 0. The molecule has 0 aromatic rings. The summed E-state index contributed by atoms with van der Waals surface area (Å²) in [6.07, 6.45) is -0.664. The van der Waals surface area contributed by atoms with Crippen LogP contribution in [-0.2, 0) is 0 Å². The molecule has 9 heavy (non-hydrogen) atoms. The average Bonchev–Trinajstić information content (AvgIpc) is 2.55. The van der Waals surface area contributed by atoms with Gasteiger partial charge in [-0.25, -0.2) is 8.78 Å². The molecule has 56 valence electrons. The van der Waals surface area contributed by atoms with Crippen LogP contribution >= 0.6 is 0 Å². The highest BCUT2D eigenvalue weighted by Crippen LogP contribution is 2.49. The first kappa shape index (κ1) is 8.86. The lowest BCUT2D eigenvalue weighted by Crippen LogP contribution is -2.05. The van der Waals surface area contributed by atoms with E-state index in [4.69, 9.17) is 0 Å². The Morgan fingerprint density at radius 2 is 1.56 bits per heavy atom. The first-order valence-corrected chi connectivity index (χ1v) is 3.43. The van der Waals surface area contributed by atoms with E-state index < -0.39 is 11.8 Å². The Bertz CT molecular complexity index is 75.0. The molecule has 0 saturated heterocycles. The molecule has 0 amide bonds. The van der Waals surface area contributed by atoms with E-state index in [1.54, 1.807) is 6.92 Å². The van der Waals surface area contributed by atoms with Crippen LogP contribution in [0.15, 0.2) is 0 Å². The molecule has 0 aromatic carbocycles. The highest BCUT2D eigenvalue weighted by molar-refractivity contribution is 4.90. The molecule has 2 heteroatoms. The molecule has 1 rings (SSSR count). The van der Waals surface area contributed by atoms with E-state index in [0.29, 0.717) is 12.8 Å². The standard InChI is InChI=1S/C5H8F2.C2H6/c1-5(2-3-5)4(6)7;1-2/h4H,2-3H2,1H3;1-2H3. The average molecular weight is 136 g/mol. The fourth-order valence-corrected chi connectivity index (χ4v) is 0.415. The fraction of sp³-hybridized carbons (Fsp3) is 1.00. The monoisotopic (exact) mass is 136 g/mol. The van der Waals surface area contributed by atoms with Gasteiger partial charge in [0, 0.05) is 5.41 Å².